The number of aliphatic hydroxyl groups is 4. The Balaban J connectivity index is 1.86. The van der Waals surface area contributed by atoms with Gasteiger partial charge in [0.05, 0.1) is 19.8 Å². The Labute approximate surface area is 187 Å². The molecule has 0 aromatic heterocycles. The molecule has 2 aromatic rings. The first-order valence-corrected chi connectivity index (χ1v) is 10.4. The lowest BCUT2D eigenvalue weighted by atomic mass is 9.84. The van der Waals surface area contributed by atoms with E-state index in [9.17, 15) is 20.4 Å². The minimum Gasteiger partial charge on any atom is -0.387 e. The summed E-state index contributed by atoms with van der Waals surface area (Å²) in [5.74, 6) is 0. The molecule has 8 heteroatoms. The molecule has 6 atom stereocenters. The van der Waals surface area contributed by atoms with Gasteiger partial charge in [-0.25, -0.2) is 0 Å². The molecule has 3 rings (SSSR count). The number of benzene rings is 2. The summed E-state index contributed by atoms with van der Waals surface area (Å²) >= 11 is 0. The third kappa shape index (κ3) is 6.44. The van der Waals surface area contributed by atoms with E-state index in [-0.39, 0.29) is 19.8 Å². The Bertz CT molecular complexity index is 800. The van der Waals surface area contributed by atoms with E-state index in [4.69, 9.17) is 18.9 Å². The molecular formula is C24H30O8. The molecule has 0 saturated heterocycles. The lowest BCUT2D eigenvalue weighted by Gasteiger charge is -2.46. The van der Waals surface area contributed by atoms with Crippen LogP contribution in [0.25, 0.3) is 0 Å². The summed E-state index contributed by atoms with van der Waals surface area (Å²) < 4.78 is 22.9. The van der Waals surface area contributed by atoms with Crippen molar-refractivity contribution in [1.29, 1.82) is 0 Å². The normalized spacial score (nSPS) is 28.0. The predicted molar refractivity (Wildman–Crippen MR) is 115 cm³/mol. The van der Waals surface area contributed by atoms with E-state index in [2.05, 4.69) is 6.58 Å². The number of hydrogen-bond donors (Lipinski definition) is 4. The highest BCUT2D eigenvalue weighted by Crippen LogP contribution is 2.32. The zero-order chi connectivity index (χ0) is 22.9. The second-order valence-electron chi connectivity index (χ2n) is 7.52. The summed E-state index contributed by atoms with van der Waals surface area (Å²) in [6.07, 6.45) is -5.57. The largest absolute Gasteiger partial charge is 0.387 e. The van der Waals surface area contributed by atoms with Crippen molar-refractivity contribution >= 4 is 0 Å². The molecule has 32 heavy (non-hydrogen) atoms. The van der Waals surface area contributed by atoms with Crippen LogP contribution >= 0.6 is 0 Å². The first-order chi connectivity index (χ1) is 15.5. The van der Waals surface area contributed by atoms with Crippen LogP contribution in [-0.4, -0.2) is 70.1 Å². The quantitative estimate of drug-likeness (QED) is 0.300. The van der Waals surface area contributed by atoms with Gasteiger partial charge in [0, 0.05) is 0 Å². The van der Waals surface area contributed by atoms with Crippen LogP contribution in [0.5, 0.6) is 0 Å². The molecule has 0 unspecified atom stereocenters. The van der Waals surface area contributed by atoms with Gasteiger partial charge in [-0.2, -0.15) is 0 Å². The van der Waals surface area contributed by atoms with Crippen LogP contribution < -0.4 is 0 Å². The fraction of sp³-hybridized carbons (Fsp3) is 0.417. The van der Waals surface area contributed by atoms with Gasteiger partial charge < -0.3 is 39.4 Å². The van der Waals surface area contributed by atoms with Crippen LogP contribution in [0.1, 0.15) is 11.1 Å². The molecule has 0 heterocycles. The average Bonchev–Trinajstić information content (AvgIpc) is 2.80. The number of rotatable bonds is 11. The Hall–Kier alpha value is -2.14. The molecule has 4 N–H and O–H groups in total. The molecule has 1 saturated carbocycles. The summed E-state index contributed by atoms with van der Waals surface area (Å²) in [6, 6.07) is 18.7. The fourth-order valence-corrected chi connectivity index (χ4v) is 3.74. The molecule has 1 fully saturated rings. The third-order valence-electron chi connectivity index (χ3n) is 5.25. The highest BCUT2D eigenvalue weighted by Gasteiger charge is 2.53. The van der Waals surface area contributed by atoms with Crippen LogP contribution in [0, 0.1) is 0 Å². The molecule has 1 aliphatic rings. The second kappa shape index (κ2) is 12.2. The summed E-state index contributed by atoms with van der Waals surface area (Å²) in [6.45, 7) is 1.79. The molecule has 0 radical (unpaired) electrons. The lowest BCUT2D eigenvalue weighted by Crippen LogP contribution is -2.66. The maximum atomic E-state index is 10.9. The molecule has 174 valence electrons. The predicted octanol–water partition coefficient (Wildman–Crippen LogP) is 1.12. The maximum absolute atomic E-state index is 10.9. The maximum Gasteiger partial charge on any atom is 0.266 e. The van der Waals surface area contributed by atoms with Gasteiger partial charge in [0.2, 0.25) is 0 Å². The van der Waals surface area contributed by atoms with Crippen LogP contribution in [0.2, 0.25) is 0 Å². The molecule has 2 aromatic carbocycles. The Morgan fingerprint density at radius 1 is 0.719 bits per heavy atom. The Morgan fingerprint density at radius 3 is 1.66 bits per heavy atom. The van der Waals surface area contributed by atoms with Gasteiger partial charge in [-0.05, 0) is 11.1 Å². The van der Waals surface area contributed by atoms with E-state index >= 15 is 0 Å². The molecule has 0 spiro atoms. The minimum absolute atomic E-state index is 0.0524. The van der Waals surface area contributed by atoms with Gasteiger partial charge in [0.25, 0.3) is 6.48 Å². The summed E-state index contributed by atoms with van der Waals surface area (Å²) in [7, 11) is 0. The third-order valence-corrected chi connectivity index (χ3v) is 5.25. The second-order valence-corrected chi connectivity index (χ2v) is 7.52. The molecule has 0 amide bonds. The molecule has 0 bridgehead atoms. The van der Waals surface area contributed by atoms with E-state index < -0.39 is 43.1 Å². The van der Waals surface area contributed by atoms with E-state index in [1.54, 1.807) is 0 Å². The number of aliphatic hydroxyl groups excluding tert-OH is 3. The van der Waals surface area contributed by atoms with Crippen molar-refractivity contribution in [2.24, 2.45) is 0 Å². The summed E-state index contributed by atoms with van der Waals surface area (Å²) in [5.41, 5.74) is 1.72. The van der Waals surface area contributed by atoms with Crippen molar-refractivity contribution in [2.75, 3.05) is 6.61 Å². The SMILES string of the molecule is C=CCO[C@@H]1[C@@H](O)[C@H](O)[C@@H](OCc2ccccc2)[C@@H](OCc2ccccc2)[C@H]1OC(O)O. The van der Waals surface area contributed by atoms with E-state index in [0.717, 1.165) is 11.1 Å². The molecule has 1 aliphatic carbocycles. The van der Waals surface area contributed by atoms with Crippen molar-refractivity contribution in [3.8, 4) is 0 Å². The standard InChI is InChI=1S/C24H30O8/c1-2-13-29-21-19(26)18(25)20(30-14-16-9-5-3-6-10-16)22(23(21)32-24(27)28)31-15-17-11-7-4-8-12-17/h2-12,18-28H,1,13-15H2/t18-,19-,20+,21+,22+,23-/m0/s1. The molecular weight excluding hydrogens is 416 g/mol. The average molecular weight is 446 g/mol. The van der Waals surface area contributed by atoms with Gasteiger partial charge in [-0.1, -0.05) is 66.7 Å². The van der Waals surface area contributed by atoms with Crippen LogP contribution in [0.4, 0.5) is 0 Å². The zero-order valence-corrected chi connectivity index (χ0v) is 17.6. The van der Waals surface area contributed by atoms with E-state index in [1.165, 1.54) is 6.08 Å². The van der Waals surface area contributed by atoms with E-state index in [1.807, 2.05) is 60.7 Å². The van der Waals surface area contributed by atoms with Gasteiger partial charge in [0.15, 0.2) is 0 Å². The summed E-state index contributed by atoms with van der Waals surface area (Å²) in [4.78, 5) is 0. The van der Waals surface area contributed by atoms with Crippen molar-refractivity contribution in [2.45, 2.75) is 56.3 Å². The van der Waals surface area contributed by atoms with Crippen LogP contribution in [0.3, 0.4) is 0 Å². The minimum atomic E-state index is -2.14. The fourth-order valence-electron chi connectivity index (χ4n) is 3.74. The smallest absolute Gasteiger partial charge is 0.266 e. The first kappa shape index (κ1) is 24.5. The monoisotopic (exact) mass is 446 g/mol. The number of ether oxygens (including phenoxy) is 4. The Kier molecular flexibility index (Phi) is 9.34. The molecule has 0 aliphatic heterocycles. The van der Waals surface area contributed by atoms with Crippen molar-refractivity contribution < 1.29 is 39.4 Å². The van der Waals surface area contributed by atoms with E-state index in [0.29, 0.717) is 0 Å². The highest BCUT2D eigenvalue weighted by atomic mass is 16.7. The van der Waals surface area contributed by atoms with Gasteiger partial charge in [-0.3, -0.25) is 0 Å². The first-order valence-electron chi connectivity index (χ1n) is 10.4. The summed E-state index contributed by atoms with van der Waals surface area (Å²) in [5, 5.41) is 40.6. The molecule has 8 nitrogen and oxygen atoms in total. The van der Waals surface area contributed by atoms with Crippen molar-refractivity contribution in [3.05, 3.63) is 84.4 Å². The number of hydrogen-bond acceptors (Lipinski definition) is 8. The van der Waals surface area contributed by atoms with Gasteiger partial charge >= 0.3 is 0 Å². The van der Waals surface area contributed by atoms with Gasteiger partial charge in [-0.15, -0.1) is 6.58 Å². The Morgan fingerprint density at radius 2 is 1.19 bits per heavy atom. The van der Waals surface area contributed by atoms with Crippen molar-refractivity contribution in [3.63, 3.8) is 0 Å². The topological polar surface area (TPSA) is 118 Å². The van der Waals surface area contributed by atoms with Crippen LogP contribution in [-0.2, 0) is 32.2 Å². The zero-order valence-electron chi connectivity index (χ0n) is 17.6. The van der Waals surface area contributed by atoms with Gasteiger partial charge in [0.1, 0.15) is 36.6 Å². The lowest BCUT2D eigenvalue weighted by molar-refractivity contribution is -0.330. The van der Waals surface area contributed by atoms with Crippen LogP contribution in [0.15, 0.2) is 73.3 Å². The van der Waals surface area contributed by atoms with Crippen molar-refractivity contribution in [1.82, 2.24) is 0 Å². The highest BCUT2D eigenvalue weighted by molar-refractivity contribution is 5.15.